The Morgan fingerprint density at radius 3 is 2.23 bits per heavy atom. The van der Waals surface area contributed by atoms with Gasteiger partial charge in [-0.25, -0.2) is 4.79 Å². The Kier molecular flexibility index (Phi) is 6.18. The van der Waals surface area contributed by atoms with Crippen LogP contribution in [-0.2, 0) is 11.3 Å². The highest BCUT2D eigenvalue weighted by atomic mass is 16.5. The van der Waals surface area contributed by atoms with Crippen molar-refractivity contribution in [1.82, 2.24) is 4.90 Å². The molecule has 0 radical (unpaired) electrons. The van der Waals surface area contributed by atoms with Crippen molar-refractivity contribution in [2.75, 3.05) is 19.7 Å². The molecule has 0 unspecified atom stereocenters. The van der Waals surface area contributed by atoms with Crippen LogP contribution in [0.4, 0.5) is 0 Å². The van der Waals surface area contributed by atoms with Gasteiger partial charge in [-0.1, -0.05) is 48.9 Å². The van der Waals surface area contributed by atoms with Gasteiger partial charge in [-0.2, -0.15) is 0 Å². The molecule has 2 aromatic rings. The Hall–Kier alpha value is -2.46. The third kappa shape index (κ3) is 4.38. The van der Waals surface area contributed by atoms with Gasteiger partial charge < -0.3 is 4.74 Å². The average molecular weight is 351 g/mol. The van der Waals surface area contributed by atoms with Crippen molar-refractivity contribution in [3.63, 3.8) is 0 Å². The Morgan fingerprint density at radius 2 is 1.58 bits per heavy atom. The molecule has 0 saturated carbocycles. The first-order valence-corrected chi connectivity index (χ1v) is 9.31. The van der Waals surface area contributed by atoms with E-state index in [9.17, 15) is 9.59 Å². The molecule has 1 aliphatic rings. The summed E-state index contributed by atoms with van der Waals surface area (Å²) in [4.78, 5) is 27.4. The molecule has 0 aromatic heterocycles. The number of likely N-dealkylation sites (tertiary alicyclic amines) is 1. The van der Waals surface area contributed by atoms with Gasteiger partial charge in [0.1, 0.15) is 0 Å². The number of ketones is 1. The van der Waals surface area contributed by atoms with Crippen molar-refractivity contribution < 1.29 is 14.3 Å². The Labute approximate surface area is 154 Å². The number of esters is 1. The summed E-state index contributed by atoms with van der Waals surface area (Å²) < 4.78 is 5.06. The van der Waals surface area contributed by atoms with Crippen molar-refractivity contribution in [3.05, 3.63) is 70.8 Å². The number of hydrogen-bond acceptors (Lipinski definition) is 4. The maximum atomic E-state index is 12.9. The van der Waals surface area contributed by atoms with Gasteiger partial charge in [0, 0.05) is 17.7 Å². The number of piperidine rings is 1. The first kappa shape index (κ1) is 18.3. The predicted molar refractivity (Wildman–Crippen MR) is 101 cm³/mol. The second-order valence-corrected chi connectivity index (χ2v) is 6.63. The van der Waals surface area contributed by atoms with E-state index in [1.54, 1.807) is 31.2 Å². The summed E-state index contributed by atoms with van der Waals surface area (Å²) in [5.41, 5.74) is 2.50. The number of hydrogen-bond donors (Lipinski definition) is 0. The van der Waals surface area contributed by atoms with E-state index >= 15 is 0 Å². The molecule has 136 valence electrons. The molecule has 1 heterocycles. The fourth-order valence-electron chi connectivity index (χ4n) is 3.36. The highest BCUT2D eigenvalue weighted by Crippen LogP contribution is 2.18. The molecule has 0 spiro atoms. The number of rotatable bonds is 6. The van der Waals surface area contributed by atoms with Crippen LogP contribution in [0.15, 0.2) is 48.5 Å². The average Bonchev–Trinajstić information content (AvgIpc) is 2.69. The van der Waals surface area contributed by atoms with Crippen molar-refractivity contribution in [2.24, 2.45) is 0 Å². The molecular formula is C22H25NO3. The van der Waals surface area contributed by atoms with Crippen molar-refractivity contribution in [2.45, 2.75) is 32.7 Å². The van der Waals surface area contributed by atoms with Crippen LogP contribution in [0.5, 0.6) is 0 Å². The lowest BCUT2D eigenvalue weighted by Gasteiger charge is -2.26. The highest BCUT2D eigenvalue weighted by Gasteiger charge is 2.19. The summed E-state index contributed by atoms with van der Waals surface area (Å²) in [5.74, 6) is -0.614. The Balaban J connectivity index is 1.75. The zero-order chi connectivity index (χ0) is 18.4. The van der Waals surface area contributed by atoms with E-state index in [-0.39, 0.29) is 12.4 Å². The molecule has 0 amide bonds. The third-order valence-corrected chi connectivity index (χ3v) is 4.74. The molecule has 1 saturated heterocycles. The molecular weight excluding hydrogens is 326 g/mol. The van der Waals surface area contributed by atoms with Gasteiger partial charge in [-0.05, 0) is 44.5 Å². The van der Waals surface area contributed by atoms with Crippen LogP contribution in [0.25, 0.3) is 0 Å². The second-order valence-electron chi connectivity index (χ2n) is 6.63. The largest absolute Gasteiger partial charge is 0.462 e. The van der Waals surface area contributed by atoms with Crippen molar-refractivity contribution in [1.29, 1.82) is 0 Å². The maximum absolute atomic E-state index is 12.9. The van der Waals surface area contributed by atoms with Crippen molar-refractivity contribution >= 4 is 11.8 Å². The van der Waals surface area contributed by atoms with Crippen LogP contribution in [0.1, 0.15) is 58.0 Å². The minimum absolute atomic E-state index is 0.154. The SMILES string of the molecule is CCOC(=O)c1ccccc1C(=O)c1ccc(CN2CCCCC2)cc1. The van der Waals surface area contributed by atoms with E-state index in [2.05, 4.69) is 4.90 Å². The zero-order valence-corrected chi connectivity index (χ0v) is 15.2. The molecule has 0 N–H and O–H groups in total. The number of benzene rings is 2. The zero-order valence-electron chi connectivity index (χ0n) is 15.2. The minimum atomic E-state index is -0.460. The summed E-state index contributed by atoms with van der Waals surface area (Å²) in [5, 5.41) is 0. The first-order valence-electron chi connectivity index (χ1n) is 9.31. The fraction of sp³-hybridized carbons (Fsp3) is 0.364. The molecule has 0 aliphatic carbocycles. The monoisotopic (exact) mass is 351 g/mol. The van der Waals surface area contributed by atoms with Crippen LogP contribution in [-0.4, -0.2) is 36.3 Å². The Morgan fingerprint density at radius 1 is 0.923 bits per heavy atom. The summed E-state index contributed by atoms with van der Waals surface area (Å²) in [6.45, 7) is 5.25. The number of carbonyl (C=O) groups is 2. The minimum Gasteiger partial charge on any atom is -0.462 e. The summed E-state index contributed by atoms with van der Waals surface area (Å²) >= 11 is 0. The Bertz CT molecular complexity index is 761. The topological polar surface area (TPSA) is 46.6 Å². The highest BCUT2D eigenvalue weighted by molar-refractivity contribution is 6.14. The van der Waals surface area contributed by atoms with Gasteiger partial charge in [0.15, 0.2) is 5.78 Å². The fourth-order valence-corrected chi connectivity index (χ4v) is 3.36. The van der Waals surface area contributed by atoms with Crippen LogP contribution >= 0.6 is 0 Å². The molecule has 26 heavy (non-hydrogen) atoms. The van der Waals surface area contributed by atoms with E-state index in [1.807, 2.05) is 24.3 Å². The third-order valence-electron chi connectivity index (χ3n) is 4.74. The second kappa shape index (κ2) is 8.77. The summed E-state index contributed by atoms with van der Waals surface area (Å²) in [6, 6.07) is 14.5. The van der Waals surface area contributed by atoms with Gasteiger partial charge in [0.2, 0.25) is 0 Å². The van der Waals surface area contributed by atoms with Gasteiger partial charge in [0.25, 0.3) is 0 Å². The number of ether oxygens (including phenoxy) is 1. The van der Waals surface area contributed by atoms with E-state index in [0.717, 1.165) is 19.6 Å². The van der Waals surface area contributed by atoms with Gasteiger partial charge in [-0.3, -0.25) is 9.69 Å². The molecule has 1 aliphatic heterocycles. The molecule has 1 fully saturated rings. The molecule has 4 heteroatoms. The van der Waals surface area contributed by atoms with E-state index < -0.39 is 5.97 Å². The van der Waals surface area contributed by atoms with E-state index in [4.69, 9.17) is 4.74 Å². The number of carbonyl (C=O) groups excluding carboxylic acids is 2. The smallest absolute Gasteiger partial charge is 0.338 e. The molecule has 2 aromatic carbocycles. The summed E-state index contributed by atoms with van der Waals surface area (Å²) in [7, 11) is 0. The standard InChI is InChI=1S/C22H25NO3/c1-2-26-22(25)20-9-5-4-8-19(20)21(24)18-12-10-17(11-13-18)16-23-14-6-3-7-15-23/h4-5,8-13H,2-3,6-7,14-16H2,1H3. The maximum Gasteiger partial charge on any atom is 0.338 e. The van der Waals surface area contributed by atoms with Gasteiger partial charge >= 0.3 is 5.97 Å². The van der Waals surface area contributed by atoms with Gasteiger partial charge in [-0.15, -0.1) is 0 Å². The lowest BCUT2D eigenvalue weighted by molar-refractivity contribution is 0.0523. The lowest BCUT2D eigenvalue weighted by atomic mass is 9.97. The lowest BCUT2D eigenvalue weighted by Crippen LogP contribution is -2.29. The molecule has 4 nitrogen and oxygen atoms in total. The molecule has 0 atom stereocenters. The summed E-state index contributed by atoms with van der Waals surface area (Å²) in [6.07, 6.45) is 3.85. The van der Waals surface area contributed by atoms with Crippen LogP contribution in [0, 0.1) is 0 Å². The van der Waals surface area contributed by atoms with Crippen LogP contribution in [0.3, 0.4) is 0 Å². The molecule has 0 bridgehead atoms. The predicted octanol–water partition coefficient (Wildman–Crippen LogP) is 4.08. The van der Waals surface area contributed by atoms with Gasteiger partial charge in [0.05, 0.1) is 12.2 Å². The van der Waals surface area contributed by atoms with Crippen molar-refractivity contribution in [3.8, 4) is 0 Å². The first-order chi connectivity index (χ1) is 12.7. The quantitative estimate of drug-likeness (QED) is 0.581. The van der Waals surface area contributed by atoms with Crippen LogP contribution < -0.4 is 0 Å². The van der Waals surface area contributed by atoms with Crippen LogP contribution in [0.2, 0.25) is 0 Å². The number of nitrogens with zero attached hydrogens (tertiary/aromatic N) is 1. The normalized spacial score (nSPS) is 14.8. The van der Waals surface area contributed by atoms with E-state index in [1.165, 1.54) is 24.8 Å². The van der Waals surface area contributed by atoms with E-state index in [0.29, 0.717) is 16.7 Å². The molecule has 3 rings (SSSR count).